The first kappa shape index (κ1) is 17.3. The van der Waals surface area contributed by atoms with E-state index in [-0.39, 0.29) is 10.9 Å². The molecule has 27 heavy (non-hydrogen) atoms. The molecule has 0 atom stereocenters. The Labute approximate surface area is 157 Å². The maximum atomic E-state index is 14.2. The number of anilines is 1. The number of aromatic nitrogens is 3. The summed E-state index contributed by atoms with van der Waals surface area (Å²) in [5.41, 5.74) is 0.431. The number of nitrogens with one attached hydrogen (secondary N) is 1. The van der Waals surface area contributed by atoms with Crippen LogP contribution in [0.25, 0.3) is 10.6 Å². The minimum Gasteiger partial charge on any atom is -0.449 e. The van der Waals surface area contributed by atoms with Crippen LogP contribution in [0, 0.1) is 5.82 Å². The number of rotatable bonds is 5. The Morgan fingerprint density at radius 2 is 2.07 bits per heavy atom. The van der Waals surface area contributed by atoms with E-state index in [0.717, 1.165) is 35.5 Å². The van der Waals surface area contributed by atoms with E-state index in [2.05, 4.69) is 25.2 Å². The third-order valence-electron chi connectivity index (χ3n) is 4.47. The van der Waals surface area contributed by atoms with Gasteiger partial charge >= 0.3 is 6.16 Å². The van der Waals surface area contributed by atoms with Crippen molar-refractivity contribution in [2.45, 2.75) is 24.8 Å². The lowest BCUT2D eigenvalue weighted by molar-refractivity contribution is 0.146. The van der Waals surface area contributed by atoms with Crippen LogP contribution in [0.3, 0.4) is 0 Å². The summed E-state index contributed by atoms with van der Waals surface area (Å²) in [6.07, 6.45) is 2.75. The van der Waals surface area contributed by atoms with Gasteiger partial charge in [0, 0.05) is 6.20 Å². The fourth-order valence-corrected chi connectivity index (χ4v) is 3.88. The van der Waals surface area contributed by atoms with Crippen LogP contribution in [-0.4, -0.2) is 26.4 Å². The van der Waals surface area contributed by atoms with E-state index in [1.165, 1.54) is 6.07 Å². The Morgan fingerprint density at radius 3 is 2.70 bits per heavy atom. The lowest BCUT2D eigenvalue weighted by Crippen LogP contribution is -2.43. The molecule has 0 aromatic carbocycles. The normalized spacial score (nSPS) is 15.0. The molecule has 0 amide bonds. The number of ether oxygens (including phenoxy) is 1. The quantitative estimate of drug-likeness (QED) is 0.631. The van der Waals surface area contributed by atoms with Crippen molar-refractivity contribution in [3.05, 3.63) is 54.1 Å². The van der Waals surface area contributed by atoms with Gasteiger partial charge in [0.15, 0.2) is 5.06 Å². The van der Waals surface area contributed by atoms with Gasteiger partial charge in [0.2, 0.25) is 0 Å². The average molecular weight is 386 g/mol. The molecular weight excluding hydrogens is 371 g/mol. The molecule has 1 saturated carbocycles. The van der Waals surface area contributed by atoms with Gasteiger partial charge in [-0.25, -0.2) is 9.18 Å². The first-order valence-corrected chi connectivity index (χ1v) is 9.11. The molecule has 4 rings (SSSR count). The lowest BCUT2D eigenvalue weighted by Gasteiger charge is -2.42. The number of thiophene rings is 1. The van der Waals surface area contributed by atoms with Gasteiger partial charge in [-0.2, -0.15) is 0 Å². The van der Waals surface area contributed by atoms with Crippen LogP contribution in [0.5, 0.6) is 5.06 Å². The molecule has 0 saturated heterocycles. The molecule has 7 nitrogen and oxygen atoms in total. The Kier molecular flexibility index (Phi) is 4.44. The van der Waals surface area contributed by atoms with Crippen LogP contribution in [0.15, 0.2) is 42.6 Å². The number of hydrogen-bond donors (Lipinski definition) is 2. The summed E-state index contributed by atoms with van der Waals surface area (Å²) in [5, 5.41) is 20.6. The summed E-state index contributed by atoms with van der Waals surface area (Å²) in [5.74, 6) is 0.195. The minimum atomic E-state index is -1.36. The number of pyridine rings is 1. The van der Waals surface area contributed by atoms with Crippen LogP contribution < -0.4 is 10.1 Å². The van der Waals surface area contributed by atoms with Gasteiger partial charge in [-0.05, 0) is 55.7 Å². The number of halogens is 1. The summed E-state index contributed by atoms with van der Waals surface area (Å²) in [4.78, 5) is 15.5. The number of carbonyl (C=O) groups is 1. The zero-order valence-electron chi connectivity index (χ0n) is 14.1. The van der Waals surface area contributed by atoms with Crippen LogP contribution in [0.4, 0.5) is 15.0 Å². The van der Waals surface area contributed by atoms with Crippen LogP contribution in [0.2, 0.25) is 0 Å². The predicted octanol–water partition coefficient (Wildman–Crippen LogP) is 4.29. The van der Waals surface area contributed by atoms with Crippen molar-refractivity contribution in [1.29, 1.82) is 0 Å². The summed E-state index contributed by atoms with van der Waals surface area (Å²) in [6, 6.07) is 9.80. The first-order chi connectivity index (χ1) is 13.1. The Bertz CT molecular complexity index is 973. The van der Waals surface area contributed by atoms with Gasteiger partial charge in [-0.3, -0.25) is 4.98 Å². The van der Waals surface area contributed by atoms with E-state index in [9.17, 15) is 9.18 Å². The maximum Gasteiger partial charge on any atom is 0.512 e. The molecule has 0 unspecified atom stereocenters. The van der Waals surface area contributed by atoms with E-state index < -0.39 is 11.7 Å². The largest absolute Gasteiger partial charge is 0.512 e. The van der Waals surface area contributed by atoms with Crippen LogP contribution in [0.1, 0.15) is 25.0 Å². The molecule has 1 aliphatic carbocycles. The van der Waals surface area contributed by atoms with Crippen molar-refractivity contribution in [2.24, 2.45) is 0 Å². The SMILES string of the molecule is O=C(O)Oc1ccc(-c2ccc(NC3(c4ncccc4F)CCC3)nn2)s1. The smallest absolute Gasteiger partial charge is 0.449 e. The van der Waals surface area contributed by atoms with Crippen molar-refractivity contribution in [3.8, 4) is 15.6 Å². The number of carboxylic acid groups (broad SMARTS) is 1. The molecule has 0 spiro atoms. The molecule has 1 aliphatic rings. The zero-order valence-corrected chi connectivity index (χ0v) is 14.9. The Balaban J connectivity index is 1.53. The first-order valence-electron chi connectivity index (χ1n) is 8.30. The van der Waals surface area contributed by atoms with E-state index in [1.807, 2.05) is 0 Å². The summed E-state index contributed by atoms with van der Waals surface area (Å²) < 4.78 is 18.8. The summed E-state index contributed by atoms with van der Waals surface area (Å²) >= 11 is 1.16. The van der Waals surface area contributed by atoms with E-state index in [4.69, 9.17) is 5.11 Å². The third-order valence-corrected chi connectivity index (χ3v) is 5.46. The highest BCUT2D eigenvalue weighted by atomic mass is 32.1. The van der Waals surface area contributed by atoms with E-state index in [0.29, 0.717) is 17.2 Å². The molecule has 0 aliphatic heterocycles. The molecule has 2 N–H and O–H groups in total. The zero-order chi connectivity index (χ0) is 18.9. The maximum absolute atomic E-state index is 14.2. The highest BCUT2D eigenvalue weighted by Gasteiger charge is 2.42. The van der Waals surface area contributed by atoms with Crippen LogP contribution >= 0.6 is 11.3 Å². The van der Waals surface area contributed by atoms with Gasteiger partial charge in [0.05, 0.1) is 10.4 Å². The van der Waals surface area contributed by atoms with E-state index >= 15 is 0 Å². The molecule has 3 heterocycles. The van der Waals surface area contributed by atoms with Crippen molar-refractivity contribution in [3.63, 3.8) is 0 Å². The molecule has 9 heteroatoms. The lowest BCUT2D eigenvalue weighted by atomic mass is 9.74. The number of nitrogens with zero attached hydrogens (tertiary/aromatic N) is 3. The second-order valence-corrected chi connectivity index (χ2v) is 7.23. The van der Waals surface area contributed by atoms with Gasteiger partial charge in [0.1, 0.15) is 23.0 Å². The molecule has 0 radical (unpaired) electrons. The van der Waals surface area contributed by atoms with Crippen molar-refractivity contribution in [1.82, 2.24) is 15.2 Å². The summed E-state index contributed by atoms with van der Waals surface area (Å²) in [7, 11) is 0. The molecule has 1 fully saturated rings. The highest BCUT2D eigenvalue weighted by molar-refractivity contribution is 7.17. The molecule has 138 valence electrons. The highest BCUT2D eigenvalue weighted by Crippen LogP contribution is 2.43. The van der Waals surface area contributed by atoms with Gasteiger partial charge < -0.3 is 15.2 Å². The van der Waals surface area contributed by atoms with Crippen molar-refractivity contribution in [2.75, 3.05) is 5.32 Å². The molecular formula is C18H15FN4O3S. The number of hydrogen-bond acceptors (Lipinski definition) is 7. The molecule has 3 aromatic rings. The third kappa shape index (κ3) is 3.45. The second-order valence-electron chi connectivity index (χ2n) is 6.18. The monoisotopic (exact) mass is 386 g/mol. The molecule has 0 bridgehead atoms. The average Bonchev–Trinajstić information content (AvgIpc) is 3.07. The second kappa shape index (κ2) is 6.92. The van der Waals surface area contributed by atoms with Crippen molar-refractivity contribution >= 4 is 23.3 Å². The summed E-state index contributed by atoms with van der Waals surface area (Å²) in [6.45, 7) is 0. The van der Waals surface area contributed by atoms with Gasteiger partial charge in [-0.1, -0.05) is 11.3 Å². The van der Waals surface area contributed by atoms with Crippen molar-refractivity contribution < 1.29 is 19.0 Å². The van der Waals surface area contributed by atoms with Crippen LogP contribution in [-0.2, 0) is 5.54 Å². The Morgan fingerprint density at radius 1 is 1.22 bits per heavy atom. The van der Waals surface area contributed by atoms with E-state index in [1.54, 1.807) is 36.5 Å². The predicted molar refractivity (Wildman–Crippen MR) is 97.3 cm³/mol. The topological polar surface area (TPSA) is 97.2 Å². The fraction of sp³-hybridized carbons (Fsp3) is 0.222. The minimum absolute atomic E-state index is 0.264. The van der Waals surface area contributed by atoms with Gasteiger partial charge in [-0.15, -0.1) is 10.2 Å². The van der Waals surface area contributed by atoms with Gasteiger partial charge in [0.25, 0.3) is 0 Å². The standard InChI is InChI=1S/C18H15FN4O3S/c19-11-3-1-10-20-16(11)18(8-2-9-18)21-14-6-4-12(22-23-14)13-5-7-15(27-13)26-17(24)25/h1,3-7,10H,2,8-9H2,(H,21,23)(H,24,25). The fourth-order valence-electron chi connectivity index (χ4n) is 3.06. The Hall–Kier alpha value is -3.07. The molecule has 3 aromatic heterocycles.